The summed E-state index contributed by atoms with van der Waals surface area (Å²) < 4.78 is 0. The van der Waals surface area contributed by atoms with Crippen LogP contribution in [-0.2, 0) is 24.0 Å². The van der Waals surface area contributed by atoms with Crippen molar-refractivity contribution < 1.29 is 29.1 Å². The Balaban J connectivity index is 2.07. The molecule has 1 N–H and O–H groups in total. The molecule has 190 valence electrons. The SMILES string of the molecule is CC(C)(C)C(CCCCCCCCCCCCCCCC(=O)O)C(=O)ON1C(=O)CCC1=O. The average Bonchev–Trinajstić information content (AvgIpc) is 3.04. The fourth-order valence-electron chi connectivity index (χ4n) is 4.29. The van der Waals surface area contributed by atoms with Crippen LogP contribution >= 0.6 is 0 Å². The summed E-state index contributed by atoms with van der Waals surface area (Å²) in [4.78, 5) is 51.7. The third-order valence-electron chi connectivity index (χ3n) is 6.40. The lowest BCUT2D eigenvalue weighted by Gasteiger charge is -2.29. The van der Waals surface area contributed by atoms with Crippen LogP contribution in [0.5, 0.6) is 0 Å². The molecule has 1 unspecified atom stereocenters. The van der Waals surface area contributed by atoms with Crippen LogP contribution in [0.4, 0.5) is 0 Å². The molecule has 0 saturated carbocycles. The zero-order valence-electron chi connectivity index (χ0n) is 21.0. The lowest BCUT2D eigenvalue weighted by atomic mass is 9.78. The number of carboxylic acid groups (broad SMARTS) is 1. The van der Waals surface area contributed by atoms with Crippen molar-refractivity contribution >= 4 is 23.8 Å². The van der Waals surface area contributed by atoms with E-state index in [-0.39, 0.29) is 24.2 Å². The van der Waals surface area contributed by atoms with Gasteiger partial charge in [-0.1, -0.05) is 97.8 Å². The number of carboxylic acids is 1. The highest BCUT2D eigenvalue weighted by atomic mass is 16.7. The quantitative estimate of drug-likeness (QED) is 0.190. The number of nitrogens with zero attached hydrogens (tertiary/aromatic N) is 1. The standard InChI is InChI=1S/C26H45NO6/c1-26(2,3)21(25(32)33-27-22(28)19-20-23(27)29)17-15-13-11-9-7-5-4-6-8-10-12-14-16-18-24(30)31/h21H,4-20H2,1-3H3,(H,30,31). The summed E-state index contributed by atoms with van der Waals surface area (Å²) >= 11 is 0. The number of rotatable bonds is 18. The third-order valence-corrected chi connectivity index (χ3v) is 6.40. The minimum Gasteiger partial charge on any atom is -0.481 e. The fraction of sp³-hybridized carbons (Fsp3) is 0.846. The van der Waals surface area contributed by atoms with Crippen molar-refractivity contribution in [1.29, 1.82) is 0 Å². The molecular formula is C26H45NO6. The second kappa shape index (κ2) is 15.8. The van der Waals surface area contributed by atoms with Crippen LogP contribution in [0.1, 0.15) is 130 Å². The largest absolute Gasteiger partial charge is 0.481 e. The molecule has 7 heteroatoms. The summed E-state index contributed by atoms with van der Waals surface area (Å²) in [5.74, 6) is -2.39. The van der Waals surface area contributed by atoms with Gasteiger partial charge in [-0.3, -0.25) is 14.4 Å². The van der Waals surface area contributed by atoms with Crippen molar-refractivity contribution in [2.24, 2.45) is 11.3 Å². The smallest absolute Gasteiger partial charge is 0.336 e. The highest BCUT2D eigenvalue weighted by Gasteiger charge is 2.38. The van der Waals surface area contributed by atoms with Gasteiger partial charge in [0, 0.05) is 19.3 Å². The van der Waals surface area contributed by atoms with Crippen LogP contribution in [0, 0.1) is 11.3 Å². The molecule has 2 amide bonds. The van der Waals surface area contributed by atoms with Crippen molar-refractivity contribution in [3.8, 4) is 0 Å². The molecule has 1 aliphatic rings. The number of amides is 2. The molecule has 0 aromatic carbocycles. The molecule has 1 heterocycles. The minimum absolute atomic E-state index is 0.112. The molecular weight excluding hydrogens is 422 g/mol. The van der Waals surface area contributed by atoms with Crippen molar-refractivity contribution in [3.05, 3.63) is 0 Å². The minimum atomic E-state index is -0.695. The number of hydroxylamine groups is 2. The van der Waals surface area contributed by atoms with E-state index in [1.807, 2.05) is 20.8 Å². The first kappa shape index (κ1) is 29.1. The monoisotopic (exact) mass is 467 g/mol. The van der Waals surface area contributed by atoms with Crippen LogP contribution in [-0.4, -0.2) is 33.9 Å². The summed E-state index contributed by atoms with van der Waals surface area (Å²) in [6, 6.07) is 0. The van der Waals surface area contributed by atoms with E-state index in [9.17, 15) is 19.2 Å². The Bertz CT molecular complexity index is 609. The van der Waals surface area contributed by atoms with E-state index in [0.29, 0.717) is 17.9 Å². The number of hydrogen-bond donors (Lipinski definition) is 1. The zero-order valence-corrected chi connectivity index (χ0v) is 21.0. The normalized spacial score (nSPS) is 15.2. The predicted octanol–water partition coefficient (Wildman–Crippen LogP) is 6.19. The molecule has 1 saturated heterocycles. The highest BCUT2D eigenvalue weighted by molar-refractivity contribution is 6.01. The van der Waals surface area contributed by atoms with Gasteiger partial charge in [0.15, 0.2) is 0 Å². The highest BCUT2D eigenvalue weighted by Crippen LogP contribution is 2.32. The van der Waals surface area contributed by atoms with E-state index in [0.717, 1.165) is 38.5 Å². The van der Waals surface area contributed by atoms with Gasteiger partial charge in [-0.2, -0.15) is 0 Å². The number of imide groups is 1. The van der Waals surface area contributed by atoms with Crippen molar-refractivity contribution in [1.82, 2.24) is 5.06 Å². The van der Waals surface area contributed by atoms with Gasteiger partial charge >= 0.3 is 11.9 Å². The summed E-state index contributed by atoms with van der Waals surface area (Å²) in [5, 5.41) is 9.26. The number of carbonyl (C=O) groups is 4. The zero-order chi connectivity index (χ0) is 24.7. The molecule has 0 bridgehead atoms. The van der Waals surface area contributed by atoms with Crippen LogP contribution in [0.3, 0.4) is 0 Å². The van der Waals surface area contributed by atoms with Crippen LogP contribution < -0.4 is 0 Å². The van der Waals surface area contributed by atoms with Gasteiger partial charge in [0.05, 0.1) is 5.92 Å². The van der Waals surface area contributed by atoms with Crippen molar-refractivity contribution in [2.75, 3.05) is 0 Å². The Labute approximate surface area is 199 Å². The number of carbonyl (C=O) groups excluding carboxylic acids is 3. The van der Waals surface area contributed by atoms with Crippen molar-refractivity contribution in [3.63, 3.8) is 0 Å². The number of unbranched alkanes of at least 4 members (excludes halogenated alkanes) is 12. The second-order valence-electron chi connectivity index (χ2n) is 10.4. The molecule has 1 rings (SSSR count). The van der Waals surface area contributed by atoms with E-state index in [2.05, 4.69) is 0 Å². The van der Waals surface area contributed by atoms with E-state index in [1.165, 1.54) is 44.9 Å². The molecule has 1 atom stereocenters. The van der Waals surface area contributed by atoms with Crippen LogP contribution in [0.25, 0.3) is 0 Å². The van der Waals surface area contributed by atoms with Gasteiger partial charge in [0.2, 0.25) is 0 Å². The maximum Gasteiger partial charge on any atom is 0.336 e. The van der Waals surface area contributed by atoms with Crippen LogP contribution in [0.15, 0.2) is 0 Å². The summed E-state index contributed by atoms with van der Waals surface area (Å²) in [6.45, 7) is 5.97. The molecule has 0 aromatic rings. The van der Waals surface area contributed by atoms with Gasteiger partial charge in [-0.05, 0) is 18.3 Å². The first-order valence-corrected chi connectivity index (χ1v) is 12.9. The maximum absolute atomic E-state index is 12.6. The van der Waals surface area contributed by atoms with E-state index >= 15 is 0 Å². The number of aliphatic carboxylic acids is 1. The van der Waals surface area contributed by atoms with E-state index in [1.54, 1.807) is 0 Å². The van der Waals surface area contributed by atoms with Gasteiger partial charge in [0.25, 0.3) is 11.8 Å². The van der Waals surface area contributed by atoms with Gasteiger partial charge in [-0.15, -0.1) is 5.06 Å². The van der Waals surface area contributed by atoms with Gasteiger partial charge in [0.1, 0.15) is 0 Å². The molecule has 0 aliphatic carbocycles. The van der Waals surface area contributed by atoms with Gasteiger partial charge in [-0.25, -0.2) is 4.79 Å². The van der Waals surface area contributed by atoms with Gasteiger partial charge < -0.3 is 9.94 Å². The molecule has 0 aromatic heterocycles. The second-order valence-corrected chi connectivity index (χ2v) is 10.4. The molecule has 33 heavy (non-hydrogen) atoms. The molecule has 1 aliphatic heterocycles. The molecule has 7 nitrogen and oxygen atoms in total. The molecule has 0 radical (unpaired) electrons. The van der Waals surface area contributed by atoms with E-state index < -0.39 is 23.8 Å². The Morgan fingerprint density at radius 1 is 0.788 bits per heavy atom. The van der Waals surface area contributed by atoms with Crippen molar-refractivity contribution in [2.45, 2.75) is 130 Å². The van der Waals surface area contributed by atoms with Crippen LogP contribution in [0.2, 0.25) is 0 Å². The fourth-order valence-corrected chi connectivity index (χ4v) is 4.29. The topological polar surface area (TPSA) is 101 Å². The lowest BCUT2D eigenvalue weighted by molar-refractivity contribution is -0.203. The first-order chi connectivity index (χ1) is 15.6. The maximum atomic E-state index is 12.6. The Hall–Kier alpha value is -1.92. The number of hydrogen-bond acceptors (Lipinski definition) is 5. The Morgan fingerprint density at radius 3 is 1.58 bits per heavy atom. The first-order valence-electron chi connectivity index (χ1n) is 12.9. The summed E-state index contributed by atoms with van der Waals surface area (Å²) in [6.07, 6.45) is 16.0. The Morgan fingerprint density at radius 2 is 1.18 bits per heavy atom. The molecule has 1 fully saturated rings. The third kappa shape index (κ3) is 12.8. The summed E-state index contributed by atoms with van der Waals surface area (Å²) in [7, 11) is 0. The lowest BCUT2D eigenvalue weighted by Crippen LogP contribution is -2.38. The predicted molar refractivity (Wildman–Crippen MR) is 127 cm³/mol. The molecule has 0 spiro atoms. The average molecular weight is 468 g/mol. The van der Waals surface area contributed by atoms with E-state index in [4.69, 9.17) is 9.94 Å². The summed E-state index contributed by atoms with van der Waals surface area (Å²) in [5.41, 5.74) is -0.292. The Kier molecular flexibility index (Phi) is 14.0.